The fourth-order valence-electron chi connectivity index (χ4n) is 2.80. The third kappa shape index (κ3) is 4.95. The third-order valence-corrected chi connectivity index (χ3v) is 5.98. The second-order valence-electron chi connectivity index (χ2n) is 7.24. The van der Waals surface area contributed by atoms with Crippen LogP contribution in [-0.2, 0) is 4.79 Å². The van der Waals surface area contributed by atoms with Gasteiger partial charge >= 0.3 is 0 Å². The number of amides is 1. The van der Waals surface area contributed by atoms with E-state index >= 15 is 0 Å². The molecule has 0 spiro atoms. The van der Waals surface area contributed by atoms with Crippen LogP contribution in [0.25, 0.3) is 5.69 Å². The molecule has 0 aliphatic heterocycles. The van der Waals surface area contributed by atoms with Crippen LogP contribution < -0.4 is 10.9 Å². The molecule has 1 atom stereocenters. The van der Waals surface area contributed by atoms with Gasteiger partial charge in [-0.05, 0) is 87.2 Å². The highest BCUT2D eigenvalue weighted by Gasteiger charge is 2.16. The zero-order chi connectivity index (χ0) is 21.1. The maximum atomic E-state index is 12.6. The molecule has 1 aromatic heterocycles. The summed E-state index contributed by atoms with van der Waals surface area (Å²) < 4.78 is 1.38. The van der Waals surface area contributed by atoms with Crippen molar-refractivity contribution in [2.45, 2.75) is 44.9 Å². The molecule has 150 valence electrons. The zero-order valence-corrected chi connectivity index (χ0v) is 18.1. The van der Waals surface area contributed by atoms with Gasteiger partial charge < -0.3 is 5.32 Å². The molecule has 0 bridgehead atoms. The normalized spacial score (nSPS) is 11.9. The quantitative estimate of drug-likeness (QED) is 0.629. The average Bonchev–Trinajstić information content (AvgIpc) is 2.68. The van der Waals surface area contributed by atoms with Crippen molar-refractivity contribution in [1.29, 1.82) is 0 Å². The fourth-order valence-corrected chi connectivity index (χ4v) is 3.60. The molecule has 0 aliphatic carbocycles. The highest BCUT2D eigenvalue weighted by atomic mass is 32.2. The Morgan fingerprint density at radius 1 is 0.931 bits per heavy atom. The Morgan fingerprint density at radius 2 is 1.59 bits per heavy atom. The van der Waals surface area contributed by atoms with Crippen LogP contribution in [0.5, 0.6) is 0 Å². The molecule has 6 heteroatoms. The number of nitrogens with one attached hydrogen (secondary N) is 1. The maximum Gasteiger partial charge on any atom is 0.271 e. The first-order valence-electron chi connectivity index (χ1n) is 9.47. The van der Waals surface area contributed by atoms with Gasteiger partial charge in [0.15, 0.2) is 0 Å². The van der Waals surface area contributed by atoms with Crippen LogP contribution in [0.1, 0.15) is 29.2 Å². The average molecular weight is 408 g/mol. The van der Waals surface area contributed by atoms with Crippen molar-refractivity contribution in [3.05, 3.63) is 81.1 Å². The molecule has 0 aliphatic rings. The van der Waals surface area contributed by atoms with E-state index in [1.165, 1.54) is 28.1 Å². The first-order chi connectivity index (χ1) is 13.7. The van der Waals surface area contributed by atoms with Crippen molar-refractivity contribution in [3.63, 3.8) is 0 Å². The number of carbonyl (C=O) groups excluding carboxylic acids is 1. The summed E-state index contributed by atoms with van der Waals surface area (Å²) in [7, 11) is 0. The number of rotatable bonds is 5. The van der Waals surface area contributed by atoms with Gasteiger partial charge in [-0.3, -0.25) is 9.59 Å². The number of thioether (sulfide) groups is 1. The first-order valence-corrected chi connectivity index (χ1v) is 10.4. The second-order valence-corrected chi connectivity index (χ2v) is 8.60. The minimum atomic E-state index is -0.366. The van der Waals surface area contributed by atoms with E-state index in [1.54, 1.807) is 6.07 Å². The van der Waals surface area contributed by atoms with Crippen LogP contribution in [0, 0.1) is 27.7 Å². The van der Waals surface area contributed by atoms with E-state index in [-0.39, 0.29) is 16.7 Å². The Hall–Kier alpha value is -2.86. The highest BCUT2D eigenvalue weighted by molar-refractivity contribution is 8.00. The summed E-state index contributed by atoms with van der Waals surface area (Å²) >= 11 is 1.32. The molecule has 0 saturated carbocycles. The number of anilines is 1. The first kappa shape index (κ1) is 20.9. The van der Waals surface area contributed by atoms with Gasteiger partial charge in [0, 0.05) is 11.8 Å². The molecule has 1 unspecified atom stereocenters. The Morgan fingerprint density at radius 3 is 2.24 bits per heavy atom. The monoisotopic (exact) mass is 407 g/mol. The smallest absolute Gasteiger partial charge is 0.271 e. The van der Waals surface area contributed by atoms with E-state index in [0.29, 0.717) is 10.7 Å². The molecule has 5 nitrogen and oxygen atoms in total. The molecule has 2 aromatic carbocycles. The minimum Gasteiger partial charge on any atom is -0.325 e. The van der Waals surface area contributed by atoms with Crippen molar-refractivity contribution in [1.82, 2.24) is 9.78 Å². The molecule has 3 aromatic rings. The summed E-state index contributed by atoms with van der Waals surface area (Å²) in [4.78, 5) is 24.9. The number of carbonyl (C=O) groups is 1. The lowest BCUT2D eigenvalue weighted by Gasteiger charge is -2.13. The van der Waals surface area contributed by atoms with Gasteiger partial charge in [-0.1, -0.05) is 23.9 Å². The molecule has 1 heterocycles. The number of nitrogens with zero attached hydrogens (tertiary/aromatic N) is 2. The maximum absolute atomic E-state index is 12.6. The lowest BCUT2D eigenvalue weighted by atomic mass is 10.1. The zero-order valence-electron chi connectivity index (χ0n) is 17.3. The topological polar surface area (TPSA) is 64.0 Å². The van der Waals surface area contributed by atoms with Crippen LogP contribution >= 0.6 is 11.8 Å². The SMILES string of the molecule is Cc1ccc(NC(=O)C(C)Sc2ccc(=O)n(-c3ccc(C)c(C)c3)n2)cc1C. The van der Waals surface area contributed by atoms with Gasteiger partial charge in [0.2, 0.25) is 5.91 Å². The van der Waals surface area contributed by atoms with Crippen LogP contribution in [0.2, 0.25) is 0 Å². The number of hydrogen-bond acceptors (Lipinski definition) is 4. The molecular weight excluding hydrogens is 382 g/mol. The lowest BCUT2D eigenvalue weighted by molar-refractivity contribution is -0.115. The van der Waals surface area contributed by atoms with E-state index in [1.807, 2.05) is 71.0 Å². The summed E-state index contributed by atoms with van der Waals surface area (Å²) in [6.45, 7) is 9.91. The molecule has 29 heavy (non-hydrogen) atoms. The number of aryl methyl sites for hydroxylation is 4. The van der Waals surface area contributed by atoms with Gasteiger partial charge in [-0.2, -0.15) is 9.78 Å². The molecule has 0 radical (unpaired) electrons. The van der Waals surface area contributed by atoms with Crippen LogP contribution in [-0.4, -0.2) is 20.9 Å². The molecule has 0 saturated heterocycles. The number of aromatic nitrogens is 2. The van der Waals surface area contributed by atoms with Crippen molar-refractivity contribution in [2.75, 3.05) is 5.32 Å². The van der Waals surface area contributed by atoms with E-state index in [9.17, 15) is 9.59 Å². The summed E-state index contributed by atoms with van der Waals surface area (Å²) in [5.41, 5.74) is 5.85. The lowest BCUT2D eigenvalue weighted by Crippen LogP contribution is -2.24. The number of benzene rings is 2. The van der Waals surface area contributed by atoms with Gasteiger partial charge in [0.1, 0.15) is 5.03 Å². The van der Waals surface area contributed by atoms with Crippen molar-refractivity contribution in [2.24, 2.45) is 0 Å². The van der Waals surface area contributed by atoms with E-state index < -0.39 is 0 Å². The fraction of sp³-hybridized carbons (Fsp3) is 0.261. The molecule has 0 fully saturated rings. The number of hydrogen-bond donors (Lipinski definition) is 1. The third-order valence-electron chi connectivity index (χ3n) is 4.95. The van der Waals surface area contributed by atoms with Gasteiger partial charge in [-0.25, -0.2) is 0 Å². The highest BCUT2D eigenvalue weighted by Crippen LogP contribution is 2.23. The molecule has 1 amide bonds. The Kier molecular flexibility index (Phi) is 6.23. The Bertz CT molecular complexity index is 1120. The van der Waals surface area contributed by atoms with Crippen LogP contribution in [0.15, 0.2) is 58.4 Å². The summed E-state index contributed by atoms with van der Waals surface area (Å²) in [5.74, 6) is -0.107. The van der Waals surface area contributed by atoms with E-state index in [2.05, 4.69) is 10.4 Å². The van der Waals surface area contributed by atoms with Gasteiger partial charge in [0.25, 0.3) is 5.56 Å². The molecule has 3 rings (SSSR count). The van der Waals surface area contributed by atoms with Gasteiger partial charge in [-0.15, -0.1) is 0 Å². The molecule has 1 N–H and O–H groups in total. The summed E-state index contributed by atoms with van der Waals surface area (Å²) in [6.07, 6.45) is 0. The van der Waals surface area contributed by atoms with E-state index in [4.69, 9.17) is 0 Å². The Balaban J connectivity index is 1.77. The summed E-state index contributed by atoms with van der Waals surface area (Å²) in [5, 5.41) is 7.65. The summed E-state index contributed by atoms with van der Waals surface area (Å²) in [6, 6.07) is 14.8. The largest absolute Gasteiger partial charge is 0.325 e. The van der Waals surface area contributed by atoms with Crippen LogP contribution in [0.3, 0.4) is 0 Å². The van der Waals surface area contributed by atoms with Crippen molar-refractivity contribution < 1.29 is 4.79 Å². The predicted octanol–water partition coefficient (Wildman–Crippen LogP) is 4.59. The van der Waals surface area contributed by atoms with E-state index in [0.717, 1.165) is 22.4 Å². The minimum absolute atomic E-state index is 0.107. The predicted molar refractivity (Wildman–Crippen MR) is 119 cm³/mol. The van der Waals surface area contributed by atoms with Crippen molar-refractivity contribution in [3.8, 4) is 5.69 Å². The van der Waals surface area contributed by atoms with Gasteiger partial charge in [0.05, 0.1) is 10.9 Å². The molecular formula is C23H25N3O2S. The van der Waals surface area contributed by atoms with Crippen LogP contribution in [0.4, 0.5) is 5.69 Å². The van der Waals surface area contributed by atoms with Crippen molar-refractivity contribution >= 4 is 23.4 Å². The second kappa shape index (κ2) is 8.66. The Labute approximate surface area is 175 Å². The standard InChI is InChI=1S/C23H25N3O2S/c1-14-6-8-19(12-16(14)3)24-23(28)18(5)29-21-10-11-22(27)26(25-21)20-9-7-15(2)17(4)13-20/h6-13,18H,1-5H3,(H,24,28).